The van der Waals surface area contributed by atoms with Gasteiger partial charge >= 0.3 is 0 Å². The fourth-order valence-electron chi connectivity index (χ4n) is 2.75. The van der Waals surface area contributed by atoms with E-state index in [0.717, 1.165) is 10.7 Å². The first-order valence-electron chi connectivity index (χ1n) is 8.93. The Labute approximate surface area is 171 Å². The molecule has 1 amide bonds. The smallest absolute Gasteiger partial charge is 0.255 e. The molecule has 0 saturated carbocycles. The normalized spacial score (nSPS) is 10.7. The number of hydrogen-bond donors (Lipinski definition) is 1. The quantitative estimate of drug-likeness (QED) is 0.502. The first kappa shape index (κ1) is 18.8. The van der Waals surface area contributed by atoms with Gasteiger partial charge in [0.05, 0.1) is 16.4 Å². The van der Waals surface area contributed by atoms with Crippen molar-refractivity contribution in [2.75, 3.05) is 5.32 Å². The van der Waals surface area contributed by atoms with Gasteiger partial charge in [-0.1, -0.05) is 23.4 Å². The second-order valence-corrected chi connectivity index (χ2v) is 7.37. The predicted molar refractivity (Wildman–Crippen MR) is 110 cm³/mol. The number of benzene rings is 2. The van der Waals surface area contributed by atoms with Gasteiger partial charge in [0, 0.05) is 23.4 Å². The average Bonchev–Trinajstić information content (AvgIpc) is 3.35. The van der Waals surface area contributed by atoms with Crippen LogP contribution < -0.4 is 10.1 Å². The minimum absolute atomic E-state index is 0.257. The molecule has 7 nitrogen and oxygen atoms in total. The average molecular weight is 406 g/mol. The largest absolute Gasteiger partial charge is 0.487 e. The number of amides is 1. The van der Waals surface area contributed by atoms with Crippen LogP contribution in [0, 0.1) is 13.8 Å². The summed E-state index contributed by atoms with van der Waals surface area (Å²) in [6.07, 6.45) is 0. The Morgan fingerprint density at radius 2 is 2.00 bits per heavy atom. The van der Waals surface area contributed by atoms with E-state index in [2.05, 4.69) is 20.4 Å². The van der Waals surface area contributed by atoms with E-state index in [1.54, 1.807) is 42.5 Å². The van der Waals surface area contributed by atoms with E-state index in [1.165, 1.54) is 0 Å². The summed E-state index contributed by atoms with van der Waals surface area (Å²) in [5, 5.41) is 9.80. The van der Waals surface area contributed by atoms with E-state index in [9.17, 15) is 4.79 Å². The zero-order valence-electron chi connectivity index (χ0n) is 15.9. The molecular formula is C21H18N4O3S. The highest BCUT2D eigenvalue weighted by atomic mass is 32.1. The number of nitrogens with one attached hydrogen (secondary N) is 1. The maximum absolute atomic E-state index is 12.8. The van der Waals surface area contributed by atoms with Crippen molar-refractivity contribution in [3.05, 3.63) is 76.1 Å². The minimum Gasteiger partial charge on any atom is -0.487 e. The van der Waals surface area contributed by atoms with Crippen molar-refractivity contribution in [2.45, 2.75) is 20.5 Å². The molecule has 146 valence electrons. The molecule has 1 N–H and O–H groups in total. The summed E-state index contributed by atoms with van der Waals surface area (Å²) in [7, 11) is 0. The summed E-state index contributed by atoms with van der Waals surface area (Å²) in [6, 6.07) is 14.3. The number of rotatable bonds is 6. The van der Waals surface area contributed by atoms with Crippen molar-refractivity contribution >= 4 is 22.9 Å². The lowest BCUT2D eigenvalue weighted by molar-refractivity contribution is 0.102. The molecule has 0 unspecified atom stereocenters. The second kappa shape index (κ2) is 8.24. The van der Waals surface area contributed by atoms with Crippen molar-refractivity contribution < 1.29 is 14.1 Å². The molecule has 2 aromatic carbocycles. The number of aromatic nitrogens is 3. The van der Waals surface area contributed by atoms with Crippen LogP contribution in [0.2, 0.25) is 0 Å². The Morgan fingerprint density at radius 1 is 1.14 bits per heavy atom. The monoisotopic (exact) mass is 406 g/mol. The van der Waals surface area contributed by atoms with Crippen LogP contribution in [-0.2, 0) is 6.61 Å². The fraction of sp³-hybridized carbons (Fsp3) is 0.143. The maximum atomic E-state index is 12.8. The highest BCUT2D eigenvalue weighted by molar-refractivity contribution is 7.09. The summed E-state index contributed by atoms with van der Waals surface area (Å²) in [5.74, 6) is 1.23. The van der Waals surface area contributed by atoms with Gasteiger partial charge in [-0.2, -0.15) is 4.98 Å². The second-order valence-electron chi connectivity index (χ2n) is 6.31. The molecular weight excluding hydrogens is 388 g/mol. The van der Waals surface area contributed by atoms with Crippen LogP contribution in [-0.4, -0.2) is 21.0 Å². The summed E-state index contributed by atoms with van der Waals surface area (Å²) >= 11 is 1.58. The number of hydrogen-bond acceptors (Lipinski definition) is 7. The lowest BCUT2D eigenvalue weighted by Gasteiger charge is -2.10. The minimum atomic E-state index is -0.257. The molecule has 0 atom stereocenters. The van der Waals surface area contributed by atoms with Crippen LogP contribution in [0.1, 0.15) is 27.0 Å². The van der Waals surface area contributed by atoms with Crippen molar-refractivity contribution in [1.82, 2.24) is 15.1 Å². The van der Waals surface area contributed by atoms with Gasteiger partial charge in [0.15, 0.2) is 0 Å². The van der Waals surface area contributed by atoms with E-state index in [1.807, 2.05) is 36.6 Å². The molecule has 2 heterocycles. The van der Waals surface area contributed by atoms with Gasteiger partial charge in [0.1, 0.15) is 12.4 Å². The highest BCUT2D eigenvalue weighted by Crippen LogP contribution is 2.26. The number of para-hydroxylation sites is 1. The van der Waals surface area contributed by atoms with Gasteiger partial charge in [0.2, 0.25) is 11.7 Å². The van der Waals surface area contributed by atoms with Crippen LogP contribution in [0.15, 0.2) is 58.4 Å². The lowest BCUT2D eigenvalue weighted by Crippen LogP contribution is -2.13. The van der Waals surface area contributed by atoms with Crippen LogP contribution in [0.4, 0.5) is 5.69 Å². The third-order valence-electron chi connectivity index (χ3n) is 4.09. The number of thiazole rings is 1. The molecule has 0 radical (unpaired) electrons. The number of carbonyl (C=O) groups is 1. The van der Waals surface area contributed by atoms with E-state index in [-0.39, 0.29) is 5.91 Å². The SMILES string of the molecule is Cc1nc(-c2ccccc2NC(=O)c2cccc(OCc3csc(C)n3)c2)no1. The lowest BCUT2D eigenvalue weighted by atomic mass is 10.1. The van der Waals surface area contributed by atoms with E-state index in [4.69, 9.17) is 9.26 Å². The zero-order chi connectivity index (χ0) is 20.2. The van der Waals surface area contributed by atoms with Crippen molar-refractivity contribution in [1.29, 1.82) is 0 Å². The third kappa shape index (κ3) is 4.49. The van der Waals surface area contributed by atoms with E-state index < -0.39 is 0 Å². The summed E-state index contributed by atoms with van der Waals surface area (Å²) in [4.78, 5) is 21.4. The van der Waals surface area contributed by atoms with Crippen molar-refractivity contribution in [2.24, 2.45) is 0 Å². The van der Waals surface area contributed by atoms with Crippen LogP contribution in [0.3, 0.4) is 0 Å². The topological polar surface area (TPSA) is 90.1 Å². The summed E-state index contributed by atoms with van der Waals surface area (Å²) in [5.41, 5.74) is 2.63. The molecule has 4 rings (SSSR count). The molecule has 2 aromatic heterocycles. The molecule has 0 aliphatic heterocycles. The molecule has 4 aromatic rings. The molecule has 0 aliphatic carbocycles. The molecule has 8 heteroatoms. The van der Waals surface area contributed by atoms with Crippen molar-refractivity contribution in [3.8, 4) is 17.1 Å². The number of anilines is 1. The summed E-state index contributed by atoms with van der Waals surface area (Å²) in [6.45, 7) is 4.03. The third-order valence-corrected chi connectivity index (χ3v) is 4.92. The Hall–Kier alpha value is -3.52. The molecule has 29 heavy (non-hydrogen) atoms. The van der Waals surface area contributed by atoms with E-state index >= 15 is 0 Å². The van der Waals surface area contributed by atoms with Gasteiger partial charge in [-0.05, 0) is 37.3 Å². The predicted octanol–water partition coefficient (Wildman–Crippen LogP) is 4.64. The first-order chi connectivity index (χ1) is 14.1. The van der Waals surface area contributed by atoms with Gasteiger partial charge in [0.25, 0.3) is 5.91 Å². The first-order valence-corrected chi connectivity index (χ1v) is 9.81. The number of nitrogens with zero attached hydrogens (tertiary/aromatic N) is 3. The Morgan fingerprint density at radius 3 is 2.76 bits per heavy atom. The summed E-state index contributed by atoms with van der Waals surface area (Å²) < 4.78 is 10.8. The molecule has 0 saturated heterocycles. The Kier molecular flexibility index (Phi) is 5.35. The molecule has 0 aliphatic rings. The fourth-order valence-corrected chi connectivity index (χ4v) is 3.35. The standard InChI is InChI=1S/C21H18N4O3S/c1-13-22-20(25-28-13)18-8-3-4-9-19(18)24-21(26)15-6-5-7-17(10-15)27-11-16-12-29-14(2)23-16/h3-10,12H,11H2,1-2H3,(H,24,26). The Balaban J connectivity index is 1.49. The molecule has 0 spiro atoms. The van der Waals surface area contributed by atoms with E-state index in [0.29, 0.717) is 40.9 Å². The Bertz CT molecular complexity index is 1150. The van der Waals surface area contributed by atoms with Gasteiger partial charge in [-0.15, -0.1) is 11.3 Å². The van der Waals surface area contributed by atoms with Crippen LogP contribution in [0.5, 0.6) is 5.75 Å². The van der Waals surface area contributed by atoms with Crippen LogP contribution >= 0.6 is 11.3 Å². The molecule has 0 fully saturated rings. The van der Waals surface area contributed by atoms with Crippen LogP contribution in [0.25, 0.3) is 11.4 Å². The maximum Gasteiger partial charge on any atom is 0.255 e. The van der Waals surface area contributed by atoms with Gasteiger partial charge in [-0.3, -0.25) is 4.79 Å². The van der Waals surface area contributed by atoms with Crippen molar-refractivity contribution in [3.63, 3.8) is 0 Å². The zero-order valence-corrected chi connectivity index (χ0v) is 16.7. The number of carbonyl (C=O) groups excluding carboxylic acids is 1. The van der Waals surface area contributed by atoms with Gasteiger partial charge < -0.3 is 14.6 Å². The number of aryl methyl sites for hydroxylation is 2. The highest BCUT2D eigenvalue weighted by Gasteiger charge is 2.14. The number of ether oxygens (including phenoxy) is 1. The van der Waals surface area contributed by atoms with Gasteiger partial charge in [-0.25, -0.2) is 4.98 Å². The molecule has 0 bridgehead atoms.